The zero-order valence-corrected chi connectivity index (χ0v) is 14.8. The van der Waals surface area contributed by atoms with Crippen molar-refractivity contribution in [3.05, 3.63) is 66.9 Å². The molecular weight excluding hydrogens is 340 g/mol. The van der Waals surface area contributed by atoms with Gasteiger partial charge in [0.25, 0.3) is 0 Å². The Morgan fingerprint density at radius 2 is 1.59 bits per heavy atom. The average molecular weight is 360 g/mol. The van der Waals surface area contributed by atoms with Gasteiger partial charge in [0.15, 0.2) is 0 Å². The number of carbonyl (C=O) groups is 2. The van der Waals surface area contributed by atoms with E-state index >= 15 is 0 Å². The fourth-order valence-corrected chi connectivity index (χ4v) is 3.33. The number of nitrogens with zero attached hydrogens (tertiary/aromatic N) is 3. The molecule has 0 unspecified atom stereocenters. The van der Waals surface area contributed by atoms with Crippen LogP contribution in [-0.2, 0) is 9.59 Å². The van der Waals surface area contributed by atoms with Crippen LogP contribution in [0, 0.1) is 0 Å². The van der Waals surface area contributed by atoms with Crippen LogP contribution in [0.2, 0.25) is 0 Å². The van der Waals surface area contributed by atoms with Crippen molar-refractivity contribution in [3.63, 3.8) is 0 Å². The molecule has 6 heteroatoms. The molecule has 2 heterocycles. The molecule has 1 aliphatic heterocycles. The molecule has 0 saturated carbocycles. The lowest BCUT2D eigenvalue weighted by Crippen LogP contribution is -2.51. The lowest BCUT2D eigenvalue weighted by Gasteiger charge is -2.35. The Bertz CT molecular complexity index is 961. The molecule has 1 fully saturated rings. The van der Waals surface area contributed by atoms with Gasteiger partial charge in [-0.05, 0) is 24.3 Å². The molecule has 1 aromatic heterocycles. The van der Waals surface area contributed by atoms with E-state index < -0.39 is 11.8 Å². The number of para-hydroxylation sites is 2. The van der Waals surface area contributed by atoms with Crippen LogP contribution < -0.4 is 10.2 Å². The lowest BCUT2D eigenvalue weighted by atomic mass is 10.2. The number of pyridine rings is 1. The fraction of sp³-hybridized carbons (Fsp3) is 0.190. The van der Waals surface area contributed by atoms with Gasteiger partial charge in [-0.1, -0.05) is 36.4 Å². The minimum Gasteiger partial charge on any atom is -0.368 e. The molecular formula is C21H20N4O2. The van der Waals surface area contributed by atoms with Gasteiger partial charge in [-0.2, -0.15) is 0 Å². The number of piperazine rings is 1. The highest BCUT2D eigenvalue weighted by Crippen LogP contribution is 2.21. The van der Waals surface area contributed by atoms with Gasteiger partial charge in [-0.15, -0.1) is 0 Å². The average Bonchev–Trinajstić information content (AvgIpc) is 2.74. The zero-order chi connectivity index (χ0) is 18.6. The number of aromatic nitrogens is 1. The van der Waals surface area contributed by atoms with Crippen LogP contribution in [0.3, 0.4) is 0 Å². The van der Waals surface area contributed by atoms with Gasteiger partial charge in [-0.3, -0.25) is 14.6 Å². The molecule has 0 aliphatic carbocycles. The molecule has 6 nitrogen and oxygen atoms in total. The van der Waals surface area contributed by atoms with E-state index in [-0.39, 0.29) is 0 Å². The van der Waals surface area contributed by atoms with Crippen LogP contribution in [0.15, 0.2) is 66.9 Å². The molecule has 1 saturated heterocycles. The first-order chi connectivity index (χ1) is 13.2. The van der Waals surface area contributed by atoms with E-state index in [2.05, 4.69) is 27.3 Å². The molecule has 0 spiro atoms. The first-order valence-electron chi connectivity index (χ1n) is 8.96. The summed E-state index contributed by atoms with van der Waals surface area (Å²) in [5.41, 5.74) is 2.36. The summed E-state index contributed by atoms with van der Waals surface area (Å²) in [6.45, 7) is 2.46. The fourth-order valence-electron chi connectivity index (χ4n) is 3.33. The summed E-state index contributed by atoms with van der Waals surface area (Å²) in [6, 6.07) is 19.4. The number of amides is 2. The number of hydrogen-bond acceptors (Lipinski definition) is 4. The third-order valence-electron chi connectivity index (χ3n) is 4.76. The maximum Gasteiger partial charge on any atom is 0.313 e. The number of rotatable bonds is 2. The van der Waals surface area contributed by atoms with Crippen LogP contribution in [-0.4, -0.2) is 47.9 Å². The largest absolute Gasteiger partial charge is 0.368 e. The first kappa shape index (κ1) is 17.0. The monoisotopic (exact) mass is 360 g/mol. The Hall–Kier alpha value is -3.41. The topological polar surface area (TPSA) is 65.5 Å². The summed E-state index contributed by atoms with van der Waals surface area (Å²) in [7, 11) is 0. The Morgan fingerprint density at radius 1 is 0.852 bits per heavy atom. The summed E-state index contributed by atoms with van der Waals surface area (Å²) in [6.07, 6.45) is 1.67. The van der Waals surface area contributed by atoms with Crippen LogP contribution >= 0.6 is 0 Å². The minimum absolute atomic E-state index is 0.504. The standard InChI is InChI=1S/C21H20N4O2/c26-20(23-18-10-4-6-16-7-5-11-22-19(16)18)21(27)25-14-12-24(13-15-25)17-8-2-1-3-9-17/h1-11H,12-15H2,(H,23,26). The van der Waals surface area contributed by atoms with E-state index in [9.17, 15) is 9.59 Å². The third-order valence-corrected chi connectivity index (χ3v) is 4.76. The molecule has 3 aromatic rings. The maximum atomic E-state index is 12.6. The SMILES string of the molecule is O=C(Nc1cccc2cccnc12)C(=O)N1CCN(c2ccccc2)CC1. The van der Waals surface area contributed by atoms with Crippen molar-refractivity contribution in [2.75, 3.05) is 36.4 Å². The van der Waals surface area contributed by atoms with E-state index in [0.29, 0.717) is 37.4 Å². The highest BCUT2D eigenvalue weighted by Gasteiger charge is 2.26. The van der Waals surface area contributed by atoms with E-state index in [1.807, 2.05) is 42.5 Å². The second kappa shape index (κ2) is 7.45. The maximum absolute atomic E-state index is 12.6. The summed E-state index contributed by atoms with van der Waals surface area (Å²) < 4.78 is 0. The van der Waals surface area contributed by atoms with E-state index in [4.69, 9.17) is 0 Å². The molecule has 2 amide bonds. The molecule has 0 radical (unpaired) electrons. The lowest BCUT2D eigenvalue weighted by molar-refractivity contribution is -0.143. The van der Waals surface area contributed by atoms with Gasteiger partial charge in [0, 0.05) is 43.4 Å². The number of hydrogen-bond donors (Lipinski definition) is 1. The predicted octanol–water partition coefficient (Wildman–Crippen LogP) is 2.52. The molecule has 1 aliphatic rings. The summed E-state index contributed by atoms with van der Waals surface area (Å²) in [5, 5.41) is 3.63. The van der Waals surface area contributed by atoms with E-state index in [1.165, 1.54) is 0 Å². The Morgan fingerprint density at radius 3 is 2.37 bits per heavy atom. The van der Waals surface area contributed by atoms with Crippen molar-refractivity contribution in [2.24, 2.45) is 0 Å². The normalized spacial score (nSPS) is 14.2. The predicted molar refractivity (Wildman–Crippen MR) is 106 cm³/mol. The van der Waals surface area contributed by atoms with Gasteiger partial charge >= 0.3 is 11.8 Å². The zero-order valence-electron chi connectivity index (χ0n) is 14.8. The molecule has 0 bridgehead atoms. The van der Waals surface area contributed by atoms with Crippen molar-refractivity contribution < 1.29 is 9.59 Å². The highest BCUT2D eigenvalue weighted by molar-refractivity contribution is 6.40. The molecule has 1 N–H and O–H groups in total. The van der Waals surface area contributed by atoms with Gasteiger partial charge in [0.1, 0.15) is 0 Å². The smallest absolute Gasteiger partial charge is 0.313 e. The van der Waals surface area contributed by atoms with Crippen LogP contribution in [0.25, 0.3) is 10.9 Å². The molecule has 0 atom stereocenters. The number of fused-ring (bicyclic) bond motifs is 1. The summed E-state index contributed by atoms with van der Waals surface area (Å²) >= 11 is 0. The van der Waals surface area contributed by atoms with Crippen LogP contribution in [0.4, 0.5) is 11.4 Å². The Balaban J connectivity index is 1.40. The van der Waals surface area contributed by atoms with Gasteiger partial charge < -0.3 is 15.1 Å². The Labute approximate surface area is 157 Å². The second-order valence-corrected chi connectivity index (χ2v) is 6.45. The van der Waals surface area contributed by atoms with E-state index in [0.717, 1.165) is 11.1 Å². The third kappa shape index (κ3) is 3.60. The number of carbonyl (C=O) groups excluding carboxylic acids is 2. The van der Waals surface area contributed by atoms with Crippen molar-refractivity contribution in [1.29, 1.82) is 0 Å². The number of anilines is 2. The molecule has 2 aromatic carbocycles. The van der Waals surface area contributed by atoms with Crippen LogP contribution in [0.1, 0.15) is 0 Å². The first-order valence-corrected chi connectivity index (χ1v) is 8.96. The van der Waals surface area contributed by atoms with Crippen molar-refractivity contribution in [3.8, 4) is 0 Å². The van der Waals surface area contributed by atoms with Gasteiger partial charge in [0.05, 0.1) is 11.2 Å². The Kier molecular flexibility index (Phi) is 4.70. The van der Waals surface area contributed by atoms with Gasteiger partial charge in [-0.25, -0.2) is 0 Å². The quantitative estimate of drug-likeness (QED) is 0.713. The van der Waals surface area contributed by atoms with Crippen LogP contribution in [0.5, 0.6) is 0 Å². The number of nitrogens with one attached hydrogen (secondary N) is 1. The summed E-state index contributed by atoms with van der Waals surface area (Å²) in [5.74, 6) is -1.13. The second-order valence-electron chi connectivity index (χ2n) is 6.45. The highest BCUT2D eigenvalue weighted by atomic mass is 16.2. The van der Waals surface area contributed by atoms with E-state index in [1.54, 1.807) is 17.2 Å². The molecule has 136 valence electrons. The summed E-state index contributed by atoms with van der Waals surface area (Å²) in [4.78, 5) is 33.1. The van der Waals surface area contributed by atoms with Gasteiger partial charge in [0.2, 0.25) is 0 Å². The number of benzene rings is 2. The van der Waals surface area contributed by atoms with Crippen molar-refractivity contribution in [1.82, 2.24) is 9.88 Å². The molecule has 4 rings (SSSR count). The van der Waals surface area contributed by atoms with Crippen molar-refractivity contribution >= 4 is 34.1 Å². The van der Waals surface area contributed by atoms with Crippen molar-refractivity contribution in [2.45, 2.75) is 0 Å². The minimum atomic E-state index is -0.624. The molecule has 27 heavy (non-hydrogen) atoms.